The molecule has 0 spiro atoms. The van der Waals surface area contributed by atoms with Gasteiger partial charge in [0, 0.05) is 26.7 Å². The van der Waals surface area contributed by atoms with Crippen LogP contribution in [0.1, 0.15) is 44.4 Å². The minimum absolute atomic E-state index is 0.304. The van der Waals surface area contributed by atoms with Crippen molar-refractivity contribution in [2.24, 2.45) is 0 Å². The molecule has 0 bridgehead atoms. The van der Waals surface area contributed by atoms with Gasteiger partial charge in [0.2, 0.25) is 0 Å². The van der Waals surface area contributed by atoms with Gasteiger partial charge in [-0.05, 0) is 51.0 Å². The summed E-state index contributed by atoms with van der Waals surface area (Å²) in [5, 5.41) is 0. The second-order valence-electron chi connectivity index (χ2n) is 8.60. The number of ether oxygens (including phenoxy) is 2. The lowest BCUT2D eigenvalue weighted by Gasteiger charge is -2.31. The van der Waals surface area contributed by atoms with Crippen LogP contribution in [0, 0.1) is 5.82 Å². The van der Waals surface area contributed by atoms with E-state index >= 15 is 0 Å². The molecular formula is C25H31FN2O4. The van der Waals surface area contributed by atoms with Gasteiger partial charge in [0.05, 0.1) is 6.04 Å². The van der Waals surface area contributed by atoms with E-state index in [1.165, 1.54) is 21.9 Å². The van der Waals surface area contributed by atoms with Gasteiger partial charge >= 0.3 is 12.2 Å². The summed E-state index contributed by atoms with van der Waals surface area (Å²) in [6.07, 6.45) is 3.15. The standard InChI is InChI=1S/C25H31FN2O4/c1-25(2,3)32-24(30)28(6)21(12-9-10-18-14-16-19(26)17-15-18)20-11-7-8-13-22(20)31-23(29)27(4)5/h7-11,13-17,21H,12H2,1-6H3. The number of nitrogens with zero attached hydrogens (tertiary/aromatic N) is 2. The van der Waals surface area contributed by atoms with E-state index in [9.17, 15) is 14.0 Å². The van der Waals surface area contributed by atoms with Crippen molar-refractivity contribution in [1.82, 2.24) is 9.80 Å². The monoisotopic (exact) mass is 442 g/mol. The molecule has 2 aromatic carbocycles. The molecule has 0 fully saturated rings. The third-order valence-corrected chi connectivity index (χ3v) is 4.53. The summed E-state index contributed by atoms with van der Waals surface area (Å²) in [4.78, 5) is 27.8. The lowest BCUT2D eigenvalue weighted by atomic mass is 10.0. The van der Waals surface area contributed by atoms with E-state index in [1.54, 1.807) is 66.2 Å². The van der Waals surface area contributed by atoms with Crippen LogP contribution in [0.2, 0.25) is 0 Å². The zero-order valence-corrected chi connectivity index (χ0v) is 19.5. The Balaban J connectivity index is 2.36. The van der Waals surface area contributed by atoms with E-state index in [1.807, 2.05) is 24.3 Å². The summed E-state index contributed by atoms with van der Waals surface area (Å²) in [5.41, 5.74) is 0.841. The third-order valence-electron chi connectivity index (χ3n) is 4.53. The second kappa shape index (κ2) is 10.8. The highest BCUT2D eigenvalue weighted by Crippen LogP contribution is 2.33. The Morgan fingerprint density at radius 2 is 1.62 bits per heavy atom. The zero-order valence-electron chi connectivity index (χ0n) is 19.5. The Hall–Kier alpha value is -3.35. The van der Waals surface area contributed by atoms with Crippen molar-refractivity contribution >= 4 is 18.3 Å². The maximum absolute atomic E-state index is 13.2. The van der Waals surface area contributed by atoms with Crippen LogP contribution in [0.4, 0.5) is 14.0 Å². The quantitative estimate of drug-likeness (QED) is 0.559. The van der Waals surface area contributed by atoms with E-state index < -0.39 is 23.8 Å². The number of carbonyl (C=O) groups is 2. The van der Waals surface area contributed by atoms with E-state index in [-0.39, 0.29) is 5.82 Å². The Morgan fingerprint density at radius 3 is 2.22 bits per heavy atom. The van der Waals surface area contributed by atoms with Gasteiger partial charge in [-0.3, -0.25) is 0 Å². The first-order valence-electron chi connectivity index (χ1n) is 10.3. The van der Waals surface area contributed by atoms with Crippen LogP contribution in [0.15, 0.2) is 54.6 Å². The predicted octanol–water partition coefficient (Wildman–Crippen LogP) is 5.90. The minimum Gasteiger partial charge on any atom is -0.444 e. The number of para-hydroxylation sites is 1. The van der Waals surface area contributed by atoms with Crippen LogP contribution in [-0.2, 0) is 4.74 Å². The number of amides is 2. The number of hydrogen-bond acceptors (Lipinski definition) is 4. The summed E-state index contributed by atoms with van der Waals surface area (Å²) in [6.45, 7) is 5.40. The molecule has 2 amide bonds. The van der Waals surface area contributed by atoms with Gasteiger partial charge in [-0.25, -0.2) is 14.0 Å². The van der Waals surface area contributed by atoms with Crippen LogP contribution < -0.4 is 4.74 Å². The molecule has 0 saturated carbocycles. The smallest absolute Gasteiger partial charge is 0.414 e. The SMILES string of the molecule is CN(C)C(=O)Oc1ccccc1C(CC=Cc1ccc(F)cc1)N(C)C(=O)OC(C)(C)C. The molecule has 2 aromatic rings. The molecule has 1 unspecified atom stereocenters. The van der Waals surface area contributed by atoms with Gasteiger partial charge < -0.3 is 19.3 Å². The van der Waals surface area contributed by atoms with Crippen molar-refractivity contribution in [2.45, 2.75) is 38.8 Å². The average Bonchev–Trinajstić information content (AvgIpc) is 2.71. The van der Waals surface area contributed by atoms with E-state index in [2.05, 4.69) is 0 Å². The third kappa shape index (κ3) is 7.41. The van der Waals surface area contributed by atoms with Crippen molar-refractivity contribution in [3.63, 3.8) is 0 Å². The van der Waals surface area contributed by atoms with Crippen LogP contribution >= 0.6 is 0 Å². The summed E-state index contributed by atoms with van der Waals surface area (Å²) < 4.78 is 24.2. The molecule has 0 N–H and O–H groups in total. The molecule has 0 aliphatic carbocycles. The molecule has 0 radical (unpaired) electrons. The lowest BCUT2D eigenvalue weighted by molar-refractivity contribution is 0.0220. The van der Waals surface area contributed by atoms with Crippen LogP contribution in [0.3, 0.4) is 0 Å². The van der Waals surface area contributed by atoms with Gasteiger partial charge in [0.15, 0.2) is 0 Å². The molecule has 0 aliphatic rings. The first-order valence-corrected chi connectivity index (χ1v) is 10.3. The number of rotatable bonds is 6. The first kappa shape index (κ1) is 24.9. The highest BCUT2D eigenvalue weighted by atomic mass is 19.1. The molecule has 0 aromatic heterocycles. The van der Waals surface area contributed by atoms with Gasteiger partial charge in [-0.2, -0.15) is 0 Å². The fourth-order valence-corrected chi connectivity index (χ4v) is 2.90. The average molecular weight is 443 g/mol. The normalized spacial score (nSPS) is 12.3. The van der Waals surface area contributed by atoms with Crippen molar-refractivity contribution < 1.29 is 23.5 Å². The maximum Gasteiger partial charge on any atom is 0.414 e. The molecule has 0 aliphatic heterocycles. The van der Waals surface area contributed by atoms with Crippen LogP contribution in [-0.4, -0.2) is 48.7 Å². The fourth-order valence-electron chi connectivity index (χ4n) is 2.90. The van der Waals surface area contributed by atoms with Gasteiger partial charge in [0.1, 0.15) is 17.2 Å². The van der Waals surface area contributed by atoms with Crippen molar-refractivity contribution in [1.29, 1.82) is 0 Å². The Bertz CT molecular complexity index is 949. The summed E-state index contributed by atoms with van der Waals surface area (Å²) in [7, 11) is 4.84. The first-order chi connectivity index (χ1) is 15.0. The molecule has 7 heteroatoms. The Kier molecular flexibility index (Phi) is 8.41. The Labute approximate surface area is 189 Å². The Morgan fingerprint density at radius 1 is 1.00 bits per heavy atom. The van der Waals surface area contributed by atoms with Gasteiger partial charge in [-0.1, -0.05) is 42.5 Å². The largest absolute Gasteiger partial charge is 0.444 e. The number of halogens is 1. The lowest BCUT2D eigenvalue weighted by Crippen LogP contribution is -2.37. The summed E-state index contributed by atoms with van der Waals surface area (Å²) in [6, 6.07) is 12.7. The van der Waals surface area contributed by atoms with Gasteiger partial charge in [-0.15, -0.1) is 0 Å². The highest BCUT2D eigenvalue weighted by Gasteiger charge is 2.28. The van der Waals surface area contributed by atoms with Crippen LogP contribution in [0.5, 0.6) is 5.75 Å². The fraction of sp³-hybridized carbons (Fsp3) is 0.360. The summed E-state index contributed by atoms with van der Waals surface area (Å²) in [5.74, 6) is 0.0584. The van der Waals surface area contributed by atoms with Crippen molar-refractivity contribution in [3.05, 3.63) is 71.6 Å². The van der Waals surface area contributed by atoms with E-state index in [4.69, 9.17) is 9.47 Å². The number of carbonyl (C=O) groups excluding carboxylic acids is 2. The number of benzene rings is 2. The molecule has 6 nitrogen and oxygen atoms in total. The molecule has 1 atom stereocenters. The topological polar surface area (TPSA) is 59.1 Å². The maximum atomic E-state index is 13.2. The molecule has 172 valence electrons. The van der Waals surface area contributed by atoms with Gasteiger partial charge in [0.25, 0.3) is 0 Å². The minimum atomic E-state index is -0.656. The molecule has 0 saturated heterocycles. The van der Waals surface area contributed by atoms with E-state index in [0.717, 1.165) is 5.56 Å². The molecule has 32 heavy (non-hydrogen) atoms. The van der Waals surface area contributed by atoms with E-state index in [0.29, 0.717) is 17.7 Å². The predicted molar refractivity (Wildman–Crippen MR) is 123 cm³/mol. The number of hydrogen-bond donors (Lipinski definition) is 0. The molecule has 2 rings (SSSR count). The molecular weight excluding hydrogens is 411 g/mol. The zero-order chi connectivity index (χ0) is 23.9. The van der Waals surface area contributed by atoms with Crippen molar-refractivity contribution in [2.75, 3.05) is 21.1 Å². The second-order valence-corrected chi connectivity index (χ2v) is 8.60. The summed E-state index contributed by atoms with van der Waals surface area (Å²) >= 11 is 0. The highest BCUT2D eigenvalue weighted by molar-refractivity contribution is 5.71. The van der Waals surface area contributed by atoms with Crippen molar-refractivity contribution in [3.8, 4) is 5.75 Å². The van der Waals surface area contributed by atoms with Crippen LogP contribution in [0.25, 0.3) is 6.08 Å². The molecule has 0 heterocycles.